The van der Waals surface area contributed by atoms with Crippen LogP contribution in [0.15, 0.2) is 23.3 Å². The Hall–Kier alpha value is -1.70. The number of aliphatic hydroxyl groups is 1. The fourth-order valence-electron chi connectivity index (χ4n) is 7.87. The van der Waals surface area contributed by atoms with Gasteiger partial charge in [0.25, 0.3) is 0 Å². The molecule has 0 aromatic rings. The van der Waals surface area contributed by atoms with Gasteiger partial charge >= 0.3 is 11.9 Å². The van der Waals surface area contributed by atoms with Crippen LogP contribution in [-0.4, -0.2) is 52.8 Å². The smallest absolute Gasteiger partial charge is 0.336 e. The van der Waals surface area contributed by atoms with Gasteiger partial charge in [-0.05, 0) is 32.6 Å². The van der Waals surface area contributed by atoms with Gasteiger partial charge in [0.15, 0.2) is 0 Å². The van der Waals surface area contributed by atoms with Gasteiger partial charge in [-0.15, -0.1) is 0 Å². The summed E-state index contributed by atoms with van der Waals surface area (Å²) in [6.07, 6.45) is 1.75. The Balaban J connectivity index is 1.55. The highest BCUT2D eigenvalue weighted by molar-refractivity contribution is 5.92. The minimum absolute atomic E-state index is 0.0342. The average molecular weight is 416 g/mol. The maximum absolute atomic E-state index is 12.5. The molecule has 7 heteroatoms. The lowest BCUT2D eigenvalue weighted by Gasteiger charge is -2.42. The van der Waals surface area contributed by atoms with Crippen molar-refractivity contribution in [2.75, 3.05) is 7.11 Å². The predicted molar refractivity (Wildman–Crippen MR) is 103 cm³/mol. The summed E-state index contributed by atoms with van der Waals surface area (Å²) < 4.78 is 23.5. The predicted octanol–water partition coefficient (Wildman–Crippen LogP) is 2.03. The van der Waals surface area contributed by atoms with Crippen molar-refractivity contribution in [3.63, 3.8) is 0 Å². The Kier molecular flexibility index (Phi) is 3.29. The zero-order valence-electron chi connectivity index (χ0n) is 17.8. The first-order chi connectivity index (χ1) is 14.1. The van der Waals surface area contributed by atoms with Crippen molar-refractivity contribution in [1.82, 2.24) is 0 Å². The van der Waals surface area contributed by atoms with E-state index in [1.54, 1.807) is 6.92 Å². The second-order valence-electron chi connectivity index (χ2n) is 10.4. The molecule has 0 aromatic heterocycles. The number of esters is 2. The number of hydrogen-bond acceptors (Lipinski definition) is 7. The molecular formula is C23H28O7. The van der Waals surface area contributed by atoms with E-state index in [4.69, 9.17) is 18.9 Å². The van der Waals surface area contributed by atoms with Crippen LogP contribution in [0.4, 0.5) is 0 Å². The van der Waals surface area contributed by atoms with Crippen molar-refractivity contribution in [3.05, 3.63) is 23.3 Å². The van der Waals surface area contributed by atoms with Crippen LogP contribution in [0.2, 0.25) is 0 Å². The molecule has 3 aliphatic heterocycles. The number of carbonyl (C=O) groups is 2. The van der Waals surface area contributed by atoms with Crippen LogP contribution in [0.5, 0.6) is 0 Å². The average Bonchev–Trinajstić information content (AvgIpc) is 3.52. The Morgan fingerprint density at radius 1 is 1.37 bits per heavy atom. The van der Waals surface area contributed by atoms with Gasteiger partial charge in [-0.1, -0.05) is 19.1 Å². The van der Waals surface area contributed by atoms with E-state index in [2.05, 4.69) is 20.4 Å². The highest BCUT2D eigenvalue weighted by Gasteiger charge is 2.95. The van der Waals surface area contributed by atoms with Crippen molar-refractivity contribution in [2.24, 2.45) is 23.7 Å². The summed E-state index contributed by atoms with van der Waals surface area (Å²) in [6, 6.07) is 0. The van der Waals surface area contributed by atoms with Crippen LogP contribution in [-0.2, 0) is 28.5 Å². The first-order valence-corrected chi connectivity index (χ1v) is 10.8. The first kappa shape index (κ1) is 19.0. The fourth-order valence-corrected chi connectivity index (χ4v) is 7.87. The molecule has 0 aromatic carbocycles. The molecule has 3 aliphatic carbocycles. The van der Waals surface area contributed by atoms with Crippen LogP contribution < -0.4 is 0 Å². The van der Waals surface area contributed by atoms with E-state index in [-0.39, 0.29) is 48.6 Å². The molecule has 6 rings (SSSR count). The van der Waals surface area contributed by atoms with E-state index in [1.807, 2.05) is 0 Å². The molecule has 3 saturated carbocycles. The second kappa shape index (κ2) is 5.19. The topological polar surface area (TPSA) is 97.9 Å². The van der Waals surface area contributed by atoms with Gasteiger partial charge in [0.1, 0.15) is 22.9 Å². The highest BCUT2D eigenvalue weighted by atomic mass is 16.7. The molecule has 6 aliphatic rings. The lowest BCUT2D eigenvalue weighted by molar-refractivity contribution is -0.185. The van der Waals surface area contributed by atoms with Crippen molar-refractivity contribution in [1.29, 1.82) is 0 Å². The van der Waals surface area contributed by atoms with Crippen LogP contribution >= 0.6 is 0 Å². The van der Waals surface area contributed by atoms with Gasteiger partial charge < -0.3 is 24.1 Å². The number of methoxy groups -OCH3 is 1. The molecule has 7 nitrogen and oxygen atoms in total. The van der Waals surface area contributed by atoms with E-state index < -0.39 is 28.6 Å². The Bertz CT molecular complexity index is 953. The molecule has 2 saturated heterocycles. The van der Waals surface area contributed by atoms with Gasteiger partial charge in [0.2, 0.25) is 5.79 Å². The lowest BCUT2D eigenvalue weighted by Crippen LogP contribution is -2.54. The van der Waals surface area contributed by atoms with Crippen molar-refractivity contribution >= 4 is 11.9 Å². The Labute approximate surface area is 175 Å². The zero-order valence-corrected chi connectivity index (χ0v) is 17.8. The maximum atomic E-state index is 12.5. The van der Waals surface area contributed by atoms with E-state index in [1.165, 1.54) is 7.11 Å². The third-order valence-electron chi connectivity index (χ3n) is 9.05. The quantitative estimate of drug-likeness (QED) is 0.418. The maximum Gasteiger partial charge on any atom is 0.336 e. The molecule has 9 atom stereocenters. The fraction of sp³-hybridized carbons (Fsp3) is 0.739. The summed E-state index contributed by atoms with van der Waals surface area (Å²) in [5, 5.41) is 11.4. The minimum atomic E-state index is -1.63. The van der Waals surface area contributed by atoms with Crippen molar-refractivity contribution < 1.29 is 33.6 Å². The number of carbonyl (C=O) groups excluding carboxylic acids is 2. The van der Waals surface area contributed by atoms with E-state index in [0.717, 1.165) is 12.0 Å². The normalized spacial score (nSPS) is 54.9. The van der Waals surface area contributed by atoms with E-state index in [9.17, 15) is 14.7 Å². The number of hydrogen-bond donors (Lipinski definition) is 1. The summed E-state index contributed by atoms with van der Waals surface area (Å²) in [5.74, 6) is -2.57. The molecule has 30 heavy (non-hydrogen) atoms. The molecule has 5 fully saturated rings. The van der Waals surface area contributed by atoms with Crippen LogP contribution in [0.1, 0.15) is 46.5 Å². The molecular weight excluding hydrogens is 388 g/mol. The van der Waals surface area contributed by atoms with Gasteiger partial charge in [-0.25, -0.2) is 4.79 Å². The molecule has 3 heterocycles. The van der Waals surface area contributed by atoms with Gasteiger partial charge in [0, 0.05) is 35.3 Å². The molecule has 0 spiro atoms. The van der Waals surface area contributed by atoms with Crippen LogP contribution in [0.25, 0.3) is 0 Å². The Morgan fingerprint density at radius 3 is 2.80 bits per heavy atom. The van der Waals surface area contributed by atoms with Gasteiger partial charge in [-0.3, -0.25) is 4.79 Å². The molecule has 162 valence electrons. The Morgan fingerprint density at radius 2 is 2.10 bits per heavy atom. The summed E-state index contributed by atoms with van der Waals surface area (Å²) >= 11 is 0. The standard InChI is InChI=1S/C23H28O7/c1-10-6-7-22(26)16(12(3)18(25)28-22)17-15(10)23-13(8-14(24)27-5)11(2)9-21(23,30-23)19-20(17,4)29-19/h11,13,15,17,19,26H,1,6-9H2,2-5H3/t11-,13-,15-,17+,19+,20+,21+,22+,23-/m1/s1. The molecule has 0 unspecified atom stereocenters. The summed E-state index contributed by atoms with van der Waals surface area (Å²) in [6.45, 7) is 10.3. The molecule has 0 bridgehead atoms. The largest absolute Gasteiger partial charge is 0.469 e. The summed E-state index contributed by atoms with van der Waals surface area (Å²) in [7, 11) is 1.41. The van der Waals surface area contributed by atoms with Crippen molar-refractivity contribution in [3.8, 4) is 0 Å². The van der Waals surface area contributed by atoms with E-state index in [0.29, 0.717) is 17.6 Å². The number of ether oxygens (including phenoxy) is 4. The molecule has 1 N–H and O–H groups in total. The molecule has 0 radical (unpaired) electrons. The third kappa shape index (κ3) is 1.82. The number of epoxide rings is 2. The van der Waals surface area contributed by atoms with Crippen molar-refractivity contribution in [2.45, 2.75) is 75.1 Å². The monoisotopic (exact) mass is 416 g/mol. The highest BCUT2D eigenvalue weighted by Crippen LogP contribution is 2.82. The van der Waals surface area contributed by atoms with Crippen LogP contribution in [0, 0.1) is 23.7 Å². The van der Waals surface area contributed by atoms with E-state index >= 15 is 0 Å². The van der Waals surface area contributed by atoms with Gasteiger partial charge in [-0.2, -0.15) is 0 Å². The lowest BCUT2D eigenvalue weighted by atomic mass is 9.57. The molecule has 0 amide bonds. The SMILES string of the molecule is C=C1CC[C@]2(O)OC(=O)C(C)=C2[C@@H]2[C@@H]1[C@@]13O[C@@]1(C[C@@H](C)[C@H]3CC(=O)OC)[C@H]1O[C@@]21C. The van der Waals surface area contributed by atoms with Crippen LogP contribution in [0.3, 0.4) is 0 Å². The third-order valence-corrected chi connectivity index (χ3v) is 9.05. The van der Waals surface area contributed by atoms with Gasteiger partial charge in [0.05, 0.1) is 13.5 Å². The number of fused-ring (bicyclic) bond motifs is 5. The summed E-state index contributed by atoms with van der Waals surface area (Å²) in [5.41, 5.74) is 0.461. The first-order valence-electron chi connectivity index (χ1n) is 10.8. The summed E-state index contributed by atoms with van der Waals surface area (Å²) in [4.78, 5) is 24.8. The zero-order chi connectivity index (χ0) is 21.4. The minimum Gasteiger partial charge on any atom is -0.469 e. The second-order valence-corrected chi connectivity index (χ2v) is 10.4. The number of rotatable bonds is 2.